The first-order valence-corrected chi connectivity index (χ1v) is 12.7. The molecule has 0 N–H and O–H groups in total. The van der Waals surface area contributed by atoms with Crippen molar-refractivity contribution in [3.8, 4) is 0 Å². The monoisotopic (exact) mass is 499 g/mol. The molecule has 0 atom stereocenters. The van der Waals surface area contributed by atoms with E-state index in [-0.39, 0.29) is 11.7 Å². The van der Waals surface area contributed by atoms with E-state index in [1.54, 1.807) is 30.2 Å². The van der Waals surface area contributed by atoms with Gasteiger partial charge in [0.25, 0.3) is 5.91 Å². The number of rotatable bonds is 9. The molecule has 1 amide bonds. The Morgan fingerprint density at radius 1 is 0.917 bits per heavy atom. The molecule has 3 aromatic rings. The van der Waals surface area contributed by atoms with Crippen LogP contribution in [0.3, 0.4) is 0 Å². The van der Waals surface area contributed by atoms with E-state index in [9.17, 15) is 9.18 Å². The Bertz CT molecular complexity index is 1220. The predicted octanol–water partition coefficient (Wildman–Crippen LogP) is 6.55. The quantitative estimate of drug-likeness (QED) is 0.246. The zero-order chi connectivity index (χ0) is 25.3. The highest BCUT2D eigenvalue weighted by atomic mass is 32.2. The van der Waals surface area contributed by atoms with E-state index in [0.717, 1.165) is 34.9 Å². The molecular weight excluding hydrogens is 469 g/mol. The van der Waals surface area contributed by atoms with Gasteiger partial charge in [0.05, 0.1) is 6.54 Å². The van der Waals surface area contributed by atoms with Gasteiger partial charge >= 0.3 is 0 Å². The summed E-state index contributed by atoms with van der Waals surface area (Å²) in [6.45, 7) is 11.0. The average Bonchev–Trinajstić information content (AvgIpc) is 2.92. The summed E-state index contributed by atoms with van der Waals surface area (Å²) in [5, 5.41) is 0. The van der Waals surface area contributed by atoms with Gasteiger partial charge in [0.2, 0.25) is 0 Å². The van der Waals surface area contributed by atoms with Crippen LogP contribution in [0.4, 0.5) is 10.1 Å². The van der Waals surface area contributed by atoms with Crippen LogP contribution < -0.4 is 4.31 Å². The second-order valence-electron chi connectivity index (χ2n) is 8.43. The Morgan fingerprint density at radius 3 is 2.25 bits per heavy atom. The lowest BCUT2D eigenvalue weighted by molar-refractivity contribution is 0.0672. The van der Waals surface area contributed by atoms with E-state index in [0.29, 0.717) is 25.2 Å². The van der Waals surface area contributed by atoms with Crippen molar-refractivity contribution in [2.75, 3.05) is 30.5 Å². The summed E-state index contributed by atoms with van der Waals surface area (Å²) in [5.41, 5.74) is 3.50. The smallest absolute Gasteiger partial charge is 0.253 e. The second kappa shape index (κ2) is 12.3. The zero-order valence-corrected chi connectivity index (χ0v) is 21.0. The molecule has 1 aliphatic rings. The SMILES string of the molecule is C=C/C=C(\C=C)N1CCN(C(=O)c2ccc(N(Cc3cccc(F)c3)Sc3ccccc3)cc2)CC1. The minimum Gasteiger partial charge on any atom is -0.368 e. The van der Waals surface area contributed by atoms with E-state index in [1.807, 2.05) is 77.7 Å². The van der Waals surface area contributed by atoms with E-state index in [4.69, 9.17) is 0 Å². The van der Waals surface area contributed by atoms with Crippen LogP contribution in [0.5, 0.6) is 0 Å². The first-order chi connectivity index (χ1) is 17.6. The van der Waals surface area contributed by atoms with E-state index >= 15 is 0 Å². The molecule has 0 unspecified atom stereocenters. The van der Waals surface area contributed by atoms with Crippen LogP contribution in [0.15, 0.2) is 121 Å². The largest absolute Gasteiger partial charge is 0.368 e. The van der Waals surface area contributed by atoms with E-state index in [1.165, 1.54) is 6.07 Å². The summed E-state index contributed by atoms with van der Waals surface area (Å²) >= 11 is 1.58. The van der Waals surface area contributed by atoms with Crippen molar-refractivity contribution in [3.05, 3.63) is 133 Å². The van der Waals surface area contributed by atoms with Crippen molar-refractivity contribution in [3.63, 3.8) is 0 Å². The first kappa shape index (κ1) is 25.3. The van der Waals surface area contributed by atoms with Crippen LogP contribution in [0.1, 0.15) is 15.9 Å². The highest BCUT2D eigenvalue weighted by Gasteiger charge is 2.23. The molecule has 0 radical (unpaired) electrons. The number of hydrogen-bond acceptors (Lipinski definition) is 4. The standard InChI is InChI=1S/C30H30FN3OS/c1-3-9-27(4-2)32-18-20-33(21-19-32)30(35)25-14-16-28(17-15-25)34(36-29-12-6-5-7-13-29)23-24-10-8-11-26(31)22-24/h3-17,22H,1-2,18-21,23H2/b27-9+. The minimum absolute atomic E-state index is 0.0291. The summed E-state index contributed by atoms with van der Waals surface area (Å²) in [6, 6.07) is 24.4. The van der Waals surface area contributed by atoms with Crippen LogP contribution in [0, 0.1) is 5.82 Å². The second-order valence-corrected chi connectivity index (χ2v) is 9.52. The third-order valence-corrected chi connectivity index (χ3v) is 7.05. The van der Waals surface area contributed by atoms with Crippen molar-refractivity contribution in [2.24, 2.45) is 0 Å². The number of hydrogen-bond donors (Lipinski definition) is 0. The Labute approximate surface area is 217 Å². The maximum absolute atomic E-state index is 13.8. The fourth-order valence-corrected chi connectivity index (χ4v) is 5.10. The van der Waals surface area contributed by atoms with Crippen LogP contribution in [0.25, 0.3) is 0 Å². The number of amides is 1. The normalized spacial score (nSPS) is 13.9. The Kier molecular flexibility index (Phi) is 8.63. The Hall–Kier alpha value is -3.77. The lowest BCUT2D eigenvalue weighted by atomic mass is 10.1. The number of piperazine rings is 1. The minimum atomic E-state index is -0.251. The van der Waals surface area contributed by atoms with E-state index < -0.39 is 0 Å². The van der Waals surface area contributed by atoms with Crippen LogP contribution in [-0.4, -0.2) is 41.9 Å². The van der Waals surface area contributed by atoms with Crippen LogP contribution in [0.2, 0.25) is 0 Å². The van der Waals surface area contributed by atoms with Gasteiger partial charge in [0.1, 0.15) is 5.82 Å². The predicted molar refractivity (Wildman–Crippen MR) is 147 cm³/mol. The highest BCUT2D eigenvalue weighted by Crippen LogP contribution is 2.31. The molecule has 1 fully saturated rings. The van der Waals surface area contributed by atoms with Gasteiger partial charge in [-0.1, -0.05) is 49.6 Å². The molecule has 1 heterocycles. The number of halogens is 1. The van der Waals surface area contributed by atoms with Gasteiger partial charge < -0.3 is 14.1 Å². The van der Waals surface area contributed by atoms with Gasteiger partial charge in [-0.15, -0.1) is 0 Å². The summed E-state index contributed by atoms with van der Waals surface area (Å²) in [4.78, 5) is 18.4. The lowest BCUT2D eigenvalue weighted by Crippen LogP contribution is -2.48. The van der Waals surface area contributed by atoms with Crippen molar-refractivity contribution in [1.29, 1.82) is 0 Å². The van der Waals surface area contributed by atoms with Gasteiger partial charge in [0.15, 0.2) is 0 Å². The van der Waals surface area contributed by atoms with Crippen molar-refractivity contribution in [2.45, 2.75) is 11.4 Å². The lowest BCUT2D eigenvalue weighted by Gasteiger charge is -2.36. The molecule has 0 spiro atoms. The van der Waals surface area contributed by atoms with Gasteiger partial charge in [0, 0.05) is 48.0 Å². The number of carbonyl (C=O) groups is 1. The first-order valence-electron chi connectivity index (χ1n) is 11.9. The molecule has 3 aromatic carbocycles. The van der Waals surface area contributed by atoms with Gasteiger partial charge in [-0.25, -0.2) is 4.39 Å². The Morgan fingerprint density at radius 2 is 1.61 bits per heavy atom. The molecule has 0 saturated carbocycles. The molecule has 4 nitrogen and oxygen atoms in total. The molecule has 0 aliphatic carbocycles. The maximum atomic E-state index is 13.8. The van der Waals surface area contributed by atoms with Gasteiger partial charge in [-0.05, 0) is 78.2 Å². The summed E-state index contributed by atoms with van der Waals surface area (Å²) in [5.74, 6) is -0.222. The van der Waals surface area contributed by atoms with Crippen molar-refractivity contribution < 1.29 is 9.18 Å². The third-order valence-electron chi connectivity index (χ3n) is 6.01. The van der Waals surface area contributed by atoms with Crippen molar-refractivity contribution in [1.82, 2.24) is 9.80 Å². The third kappa shape index (κ3) is 6.46. The zero-order valence-electron chi connectivity index (χ0n) is 20.2. The van der Waals surface area contributed by atoms with Crippen LogP contribution in [-0.2, 0) is 6.54 Å². The maximum Gasteiger partial charge on any atom is 0.253 e. The number of carbonyl (C=O) groups excluding carboxylic acids is 1. The molecule has 184 valence electrons. The molecule has 6 heteroatoms. The molecule has 1 aliphatic heterocycles. The van der Waals surface area contributed by atoms with Crippen LogP contribution >= 0.6 is 11.9 Å². The molecule has 36 heavy (non-hydrogen) atoms. The van der Waals surface area contributed by atoms with Crippen molar-refractivity contribution >= 4 is 23.5 Å². The molecule has 0 bridgehead atoms. The molecule has 4 rings (SSSR count). The topological polar surface area (TPSA) is 26.8 Å². The summed E-state index contributed by atoms with van der Waals surface area (Å²) < 4.78 is 15.9. The van der Waals surface area contributed by atoms with Gasteiger partial charge in [-0.2, -0.15) is 0 Å². The number of benzene rings is 3. The number of nitrogens with zero attached hydrogens (tertiary/aromatic N) is 3. The van der Waals surface area contributed by atoms with Gasteiger partial charge in [-0.3, -0.25) is 4.79 Å². The Balaban J connectivity index is 1.47. The average molecular weight is 500 g/mol. The molecular formula is C30H30FN3OS. The summed E-state index contributed by atoms with van der Waals surface area (Å²) in [6.07, 6.45) is 5.51. The molecule has 0 aromatic heterocycles. The fourth-order valence-electron chi connectivity index (χ4n) is 4.13. The highest BCUT2D eigenvalue weighted by molar-refractivity contribution is 8.00. The number of anilines is 1. The fraction of sp³-hybridized carbons (Fsp3) is 0.167. The van der Waals surface area contributed by atoms with E-state index in [2.05, 4.69) is 22.4 Å². The molecule has 1 saturated heterocycles. The number of allylic oxidation sites excluding steroid dienone is 3. The summed E-state index contributed by atoms with van der Waals surface area (Å²) in [7, 11) is 0.